The van der Waals surface area contributed by atoms with Crippen LogP contribution in [0.2, 0.25) is 0 Å². The van der Waals surface area contributed by atoms with Crippen LogP contribution in [-0.2, 0) is 22.4 Å². The number of benzene rings is 2. The number of amides is 2. The first-order valence-electron chi connectivity index (χ1n) is 10.7. The lowest BCUT2D eigenvalue weighted by Gasteiger charge is -2.08. The molecule has 2 aliphatic rings. The van der Waals surface area contributed by atoms with Crippen molar-refractivity contribution in [1.82, 2.24) is 4.98 Å². The summed E-state index contributed by atoms with van der Waals surface area (Å²) in [6.45, 7) is 0. The largest absolute Gasteiger partial charge is 0.465 e. The van der Waals surface area contributed by atoms with Crippen LogP contribution in [0.25, 0.3) is 11.6 Å². The van der Waals surface area contributed by atoms with Gasteiger partial charge in [-0.05, 0) is 74.2 Å². The standard InChI is InChI=1S/C25H21N3O4S/c1-32-25(31)15-8-6-14(7-9-15)23(29)26-16-10-11-19-17(12-16)18(24(30)28-19)13-22-27-20-4-2-3-5-21(20)33-22/h6-13H,2-5H2,1H3,(H,26,29)(H,28,30). The topological polar surface area (TPSA) is 97.4 Å². The van der Waals surface area contributed by atoms with E-state index in [-0.39, 0.29) is 11.8 Å². The number of rotatable bonds is 4. The van der Waals surface area contributed by atoms with Crippen molar-refractivity contribution in [2.24, 2.45) is 0 Å². The molecule has 2 N–H and O–H groups in total. The molecule has 0 radical (unpaired) electrons. The SMILES string of the molecule is COC(=O)c1ccc(C(=O)Nc2ccc3c(c2)C(=Cc2nc4c(s2)CCCC4)C(=O)N3)cc1. The number of ether oxygens (including phenoxy) is 1. The summed E-state index contributed by atoms with van der Waals surface area (Å²) in [6.07, 6.45) is 6.22. The molecule has 0 spiro atoms. The van der Waals surface area contributed by atoms with Gasteiger partial charge in [0.1, 0.15) is 5.01 Å². The van der Waals surface area contributed by atoms with E-state index in [1.54, 1.807) is 53.8 Å². The van der Waals surface area contributed by atoms with Crippen molar-refractivity contribution in [2.75, 3.05) is 17.7 Å². The van der Waals surface area contributed by atoms with Crippen LogP contribution in [0.1, 0.15) is 54.7 Å². The third-order valence-corrected chi connectivity index (χ3v) is 6.86. The van der Waals surface area contributed by atoms with E-state index in [0.717, 1.165) is 35.5 Å². The van der Waals surface area contributed by atoms with Crippen LogP contribution < -0.4 is 10.6 Å². The van der Waals surface area contributed by atoms with Crippen molar-refractivity contribution < 1.29 is 19.1 Å². The molecule has 0 bridgehead atoms. The number of nitrogens with one attached hydrogen (secondary N) is 2. The second-order valence-corrected chi connectivity index (χ2v) is 9.04. The van der Waals surface area contributed by atoms with Crippen molar-refractivity contribution in [3.05, 3.63) is 74.7 Å². The fraction of sp³-hybridized carbons (Fsp3) is 0.200. The minimum atomic E-state index is -0.460. The van der Waals surface area contributed by atoms with Gasteiger partial charge >= 0.3 is 5.97 Å². The second-order valence-electron chi connectivity index (χ2n) is 7.92. The number of nitrogens with zero attached hydrogens (tertiary/aromatic N) is 1. The molecule has 0 unspecified atom stereocenters. The Bertz CT molecular complexity index is 1280. The predicted molar refractivity (Wildman–Crippen MR) is 127 cm³/mol. The molecule has 33 heavy (non-hydrogen) atoms. The number of carbonyl (C=O) groups excluding carboxylic acids is 3. The van der Waals surface area contributed by atoms with E-state index >= 15 is 0 Å². The Morgan fingerprint density at radius 2 is 1.85 bits per heavy atom. The zero-order chi connectivity index (χ0) is 22.9. The molecule has 0 saturated heterocycles. The van der Waals surface area contributed by atoms with Gasteiger partial charge in [0.05, 0.1) is 23.9 Å². The minimum Gasteiger partial charge on any atom is -0.465 e. The molecule has 2 aromatic carbocycles. The number of esters is 1. The molecule has 1 aliphatic carbocycles. The summed E-state index contributed by atoms with van der Waals surface area (Å²) in [5, 5.41) is 6.57. The summed E-state index contributed by atoms with van der Waals surface area (Å²) in [7, 11) is 1.31. The first-order valence-corrected chi connectivity index (χ1v) is 11.5. The number of aryl methyl sites for hydroxylation is 2. The Morgan fingerprint density at radius 3 is 2.61 bits per heavy atom. The van der Waals surface area contributed by atoms with E-state index in [1.807, 2.05) is 6.08 Å². The van der Waals surface area contributed by atoms with Crippen molar-refractivity contribution in [3.63, 3.8) is 0 Å². The first-order chi connectivity index (χ1) is 16.0. The Morgan fingerprint density at radius 1 is 1.09 bits per heavy atom. The zero-order valence-electron chi connectivity index (χ0n) is 17.9. The average Bonchev–Trinajstić information content (AvgIpc) is 3.38. The van der Waals surface area contributed by atoms with Crippen LogP contribution in [0.3, 0.4) is 0 Å². The van der Waals surface area contributed by atoms with Crippen molar-refractivity contribution in [1.29, 1.82) is 0 Å². The Kier molecular flexibility index (Phi) is 5.51. The number of aromatic nitrogens is 1. The molecule has 5 rings (SSSR count). The van der Waals surface area contributed by atoms with Crippen molar-refractivity contribution >= 4 is 52.1 Å². The van der Waals surface area contributed by atoms with Gasteiger partial charge in [-0.15, -0.1) is 11.3 Å². The van der Waals surface area contributed by atoms with Crippen LogP contribution in [0.5, 0.6) is 0 Å². The molecule has 8 heteroatoms. The van der Waals surface area contributed by atoms with Gasteiger partial charge in [0.25, 0.3) is 11.8 Å². The number of fused-ring (bicyclic) bond motifs is 2. The maximum absolute atomic E-state index is 12.7. The quantitative estimate of drug-likeness (QED) is 0.441. The van der Waals surface area contributed by atoms with Gasteiger partial charge in [0.2, 0.25) is 0 Å². The lowest BCUT2D eigenvalue weighted by Crippen LogP contribution is -2.12. The summed E-state index contributed by atoms with van der Waals surface area (Å²) in [4.78, 5) is 42.9. The monoisotopic (exact) mass is 459 g/mol. The van der Waals surface area contributed by atoms with E-state index in [4.69, 9.17) is 4.98 Å². The highest BCUT2D eigenvalue weighted by Gasteiger charge is 2.26. The van der Waals surface area contributed by atoms with Crippen LogP contribution >= 0.6 is 11.3 Å². The Hall–Kier alpha value is -3.78. The van der Waals surface area contributed by atoms with E-state index in [0.29, 0.717) is 28.1 Å². The van der Waals surface area contributed by atoms with Gasteiger partial charge in [-0.1, -0.05) is 0 Å². The van der Waals surface area contributed by atoms with Crippen LogP contribution in [0.15, 0.2) is 42.5 Å². The summed E-state index contributed by atoms with van der Waals surface area (Å²) >= 11 is 1.65. The molecule has 0 atom stereocenters. The molecule has 1 aromatic heterocycles. The van der Waals surface area contributed by atoms with Gasteiger partial charge < -0.3 is 15.4 Å². The molecule has 166 valence electrons. The lowest BCUT2D eigenvalue weighted by atomic mass is 10.0. The second kappa shape index (κ2) is 8.63. The number of anilines is 2. The molecule has 7 nitrogen and oxygen atoms in total. The zero-order valence-corrected chi connectivity index (χ0v) is 18.8. The fourth-order valence-corrected chi connectivity index (χ4v) is 5.14. The van der Waals surface area contributed by atoms with Crippen molar-refractivity contribution in [3.8, 4) is 0 Å². The number of carbonyl (C=O) groups is 3. The Balaban J connectivity index is 1.38. The third kappa shape index (κ3) is 4.17. The number of hydrogen-bond acceptors (Lipinski definition) is 6. The van der Waals surface area contributed by atoms with E-state index in [1.165, 1.54) is 18.4 Å². The molecule has 0 fully saturated rings. The van der Waals surface area contributed by atoms with E-state index < -0.39 is 5.97 Å². The fourth-order valence-electron chi connectivity index (χ4n) is 4.05. The van der Waals surface area contributed by atoms with Gasteiger partial charge in [-0.2, -0.15) is 0 Å². The number of methoxy groups -OCH3 is 1. The third-order valence-electron chi connectivity index (χ3n) is 5.76. The molecule has 2 heterocycles. The van der Waals surface area contributed by atoms with Crippen LogP contribution in [0.4, 0.5) is 11.4 Å². The normalized spacial score (nSPS) is 15.5. The van der Waals surface area contributed by atoms with Gasteiger partial charge in [-0.25, -0.2) is 9.78 Å². The molecular weight excluding hydrogens is 438 g/mol. The van der Waals surface area contributed by atoms with Gasteiger partial charge in [0.15, 0.2) is 0 Å². The maximum Gasteiger partial charge on any atom is 0.337 e. The van der Waals surface area contributed by atoms with Crippen molar-refractivity contribution in [2.45, 2.75) is 25.7 Å². The first kappa shape index (κ1) is 21.1. The van der Waals surface area contributed by atoms with E-state index in [2.05, 4.69) is 15.4 Å². The number of thiazole rings is 1. The highest BCUT2D eigenvalue weighted by Crippen LogP contribution is 2.36. The summed E-state index contributed by atoms with van der Waals surface area (Å²) in [6, 6.07) is 11.5. The smallest absolute Gasteiger partial charge is 0.337 e. The molecular formula is C25H21N3O4S. The summed E-state index contributed by atoms with van der Waals surface area (Å²) < 4.78 is 4.68. The summed E-state index contributed by atoms with van der Waals surface area (Å²) in [5.74, 6) is -0.958. The molecule has 3 aromatic rings. The predicted octanol–water partition coefficient (Wildman–Crippen LogP) is 4.55. The highest BCUT2D eigenvalue weighted by molar-refractivity contribution is 7.12. The van der Waals surface area contributed by atoms with Crippen LogP contribution in [0, 0.1) is 0 Å². The number of hydrogen-bond donors (Lipinski definition) is 2. The molecule has 2 amide bonds. The van der Waals surface area contributed by atoms with Gasteiger partial charge in [-0.3, -0.25) is 9.59 Å². The highest BCUT2D eigenvalue weighted by atomic mass is 32.1. The molecule has 0 saturated carbocycles. The maximum atomic E-state index is 12.7. The molecule has 1 aliphatic heterocycles. The Labute approximate surface area is 194 Å². The minimum absolute atomic E-state index is 0.181. The van der Waals surface area contributed by atoms with Crippen LogP contribution in [-0.4, -0.2) is 29.9 Å². The van der Waals surface area contributed by atoms with E-state index in [9.17, 15) is 14.4 Å². The lowest BCUT2D eigenvalue weighted by molar-refractivity contribution is -0.110. The summed E-state index contributed by atoms with van der Waals surface area (Å²) in [5.41, 5.74) is 4.46. The average molecular weight is 460 g/mol. The van der Waals surface area contributed by atoms with Gasteiger partial charge in [0, 0.05) is 27.4 Å².